The highest BCUT2D eigenvalue weighted by Gasteiger charge is 2.61. The van der Waals surface area contributed by atoms with Crippen molar-refractivity contribution < 1.29 is 38.6 Å². The summed E-state index contributed by atoms with van der Waals surface area (Å²) in [5.41, 5.74) is -2.63. The van der Waals surface area contributed by atoms with Gasteiger partial charge in [-0.25, -0.2) is 14.4 Å². The number of anilines is 1. The van der Waals surface area contributed by atoms with Gasteiger partial charge in [0.1, 0.15) is 29.3 Å². The summed E-state index contributed by atoms with van der Waals surface area (Å²) in [7, 11) is 0. The van der Waals surface area contributed by atoms with Crippen LogP contribution in [0.15, 0.2) is 43.0 Å². The molecule has 12 heteroatoms. The molecule has 1 saturated carbocycles. The molecule has 4 amide bonds. The van der Waals surface area contributed by atoms with Crippen molar-refractivity contribution in [1.29, 1.82) is 0 Å². The van der Waals surface area contributed by atoms with E-state index in [1.54, 1.807) is 71.9 Å². The van der Waals surface area contributed by atoms with Gasteiger partial charge in [0, 0.05) is 18.0 Å². The Kier molecular flexibility index (Phi) is 9.04. The Morgan fingerprint density at radius 2 is 1.71 bits per heavy atom. The molecule has 41 heavy (non-hydrogen) atoms. The number of para-hydroxylation sites is 1. The normalized spacial score (nSPS) is 24.4. The largest absolute Gasteiger partial charge is 0.479 e. The van der Waals surface area contributed by atoms with Crippen molar-refractivity contribution in [3.8, 4) is 0 Å². The number of aliphatic carboxylic acids is 1. The number of benzene rings is 1. The number of nitrogens with zero attached hydrogens (tertiary/aromatic N) is 1. The van der Waals surface area contributed by atoms with E-state index in [9.17, 15) is 29.1 Å². The van der Waals surface area contributed by atoms with Crippen LogP contribution in [0, 0.1) is 11.3 Å². The maximum absolute atomic E-state index is 14.0. The van der Waals surface area contributed by atoms with Gasteiger partial charge in [0.2, 0.25) is 11.8 Å². The van der Waals surface area contributed by atoms with Gasteiger partial charge in [-0.05, 0) is 44.7 Å². The first-order valence-corrected chi connectivity index (χ1v) is 13.5. The first-order chi connectivity index (χ1) is 19.0. The minimum absolute atomic E-state index is 0.0719. The van der Waals surface area contributed by atoms with E-state index in [4.69, 9.17) is 9.47 Å². The molecule has 5 atom stereocenters. The van der Waals surface area contributed by atoms with Crippen LogP contribution < -0.4 is 16.0 Å². The highest BCUT2D eigenvalue weighted by Crippen LogP contribution is 2.45. The van der Waals surface area contributed by atoms with Gasteiger partial charge in [0.15, 0.2) is 0 Å². The van der Waals surface area contributed by atoms with Gasteiger partial charge >= 0.3 is 18.2 Å². The maximum atomic E-state index is 14.0. The van der Waals surface area contributed by atoms with E-state index in [1.807, 2.05) is 0 Å². The third kappa shape index (κ3) is 7.77. The van der Waals surface area contributed by atoms with E-state index in [0.29, 0.717) is 5.69 Å². The molecule has 0 bridgehead atoms. The average Bonchev–Trinajstić information content (AvgIpc) is 3.41. The van der Waals surface area contributed by atoms with E-state index in [-0.39, 0.29) is 19.4 Å². The van der Waals surface area contributed by atoms with Crippen LogP contribution in [-0.4, -0.2) is 75.8 Å². The van der Waals surface area contributed by atoms with Gasteiger partial charge < -0.3 is 30.1 Å². The molecule has 2 unspecified atom stereocenters. The molecule has 1 saturated heterocycles. The second kappa shape index (κ2) is 11.8. The SMILES string of the molecule is C=CC1CC1(NC(=O)[C@@H]1C[C@@H](OC(=O)Nc2ccccc2)CN1C(=O)[C@@H](NC(=O)OC(C)(C)C)C(C)(C)C)C(=O)O. The van der Waals surface area contributed by atoms with Crippen molar-refractivity contribution in [1.82, 2.24) is 15.5 Å². The molecule has 4 N–H and O–H groups in total. The summed E-state index contributed by atoms with van der Waals surface area (Å²) in [5.74, 6) is -2.97. The number of carbonyl (C=O) groups is 5. The fourth-order valence-corrected chi connectivity index (χ4v) is 4.75. The van der Waals surface area contributed by atoms with Gasteiger partial charge in [-0.15, -0.1) is 6.58 Å². The van der Waals surface area contributed by atoms with Crippen LogP contribution in [0.2, 0.25) is 0 Å². The maximum Gasteiger partial charge on any atom is 0.411 e. The van der Waals surface area contributed by atoms with Crippen LogP contribution in [-0.2, 0) is 23.9 Å². The van der Waals surface area contributed by atoms with E-state index < -0.39 is 70.6 Å². The van der Waals surface area contributed by atoms with Crippen LogP contribution in [0.4, 0.5) is 15.3 Å². The molecular formula is C29H40N4O8. The summed E-state index contributed by atoms with van der Waals surface area (Å²) >= 11 is 0. The number of carboxylic acid groups (broad SMARTS) is 1. The van der Waals surface area contributed by atoms with Crippen LogP contribution in [0.1, 0.15) is 54.4 Å². The number of ether oxygens (including phenoxy) is 2. The summed E-state index contributed by atoms with van der Waals surface area (Å²) in [6.45, 7) is 13.8. The lowest BCUT2D eigenvalue weighted by Crippen LogP contribution is -2.59. The fourth-order valence-electron chi connectivity index (χ4n) is 4.75. The fraction of sp³-hybridized carbons (Fsp3) is 0.552. The van der Waals surface area contributed by atoms with Crippen molar-refractivity contribution in [3.05, 3.63) is 43.0 Å². The van der Waals surface area contributed by atoms with E-state index in [1.165, 1.54) is 11.0 Å². The number of hydrogen-bond acceptors (Lipinski definition) is 7. The van der Waals surface area contributed by atoms with Gasteiger partial charge in [-0.3, -0.25) is 14.9 Å². The van der Waals surface area contributed by atoms with Crippen molar-refractivity contribution in [3.63, 3.8) is 0 Å². The molecule has 12 nitrogen and oxygen atoms in total. The summed E-state index contributed by atoms with van der Waals surface area (Å²) in [4.78, 5) is 65.9. The molecule has 1 heterocycles. The number of carboxylic acids is 1. The van der Waals surface area contributed by atoms with Crippen molar-refractivity contribution >= 4 is 35.7 Å². The smallest absolute Gasteiger partial charge is 0.411 e. The Labute approximate surface area is 239 Å². The number of likely N-dealkylation sites (tertiary alicyclic amines) is 1. The number of hydrogen-bond donors (Lipinski definition) is 4. The Morgan fingerprint density at radius 3 is 2.22 bits per heavy atom. The standard InChI is InChI=1S/C29H40N4O8/c1-8-17-15-29(17,24(36)37)32-22(34)20-14-19(40-25(38)30-18-12-10-9-11-13-18)16-33(20)23(35)21(27(2,3)4)31-26(39)41-28(5,6)7/h8-13,17,19-21H,1,14-16H2,2-7H3,(H,30,38)(H,31,39)(H,32,34)(H,36,37)/t17?,19-,20+,21-,29?/m1/s1. The van der Waals surface area contributed by atoms with Crippen LogP contribution >= 0.6 is 0 Å². The lowest BCUT2D eigenvalue weighted by molar-refractivity contribution is -0.146. The molecule has 1 aromatic rings. The van der Waals surface area contributed by atoms with Gasteiger partial charge in [0.05, 0.1) is 6.54 Å². The minimum atomic E-state index is -1.52. The first-order valence-electron chi connectivity index (χ1n) is 13.5. The minimum Gasteiger partial charge on any atom is -0.479 e. The zero-order valence-electron chi connectivity index (χ0n) is 24.4. The van der Waals surface area contributed by atoms with Crippen LogP contribution in [0.3, 0.4) is 0 Å². The van der Waals surface area contributed by atoms with Gasteiger partial charge in [-0.2, -0.15) is 0 Å². The number of alkyl carbamates (subject to hydrolysis) is 1. The quantitative estimate of drug-likeness (QED) is 0.345. The van der Waals surface area contributed by atoms with Crippen molar-refractivity contribution in [2.75, 3.05) is 11.9 Å². The first kappa shape index (κ1) is 31.4. The second-order valence-corrected chi connectivity index (χ2v) is 12.5. The molecule has 1 aliphatic heterocycles. The molecule has 1 aromatic carbocycles. The van der Waals surface area contributed by atoms with E-state index >= 15 is 0 Å². The number of carbonyl (C=O) groups excluding carboxylic acids is 4. The van der Waals surface area contributed by atoms with Crippen LogP contribution in [0.25, 0.3) is 0 Å². The third-order valence-electron chi connectivity index (χ3n) is 6.94. The average molecular weight is 573 g/mol. The Balaban J connectivity index is 1.85. The zero-order valence-corrected chi connectivity index (χ0v) is 24.4. The Hall–Kier alpha value is -4.09. The van der Waals surface area contributed by atoms with Gasteiger partial charge in [0.25, 0.3) is 0 Å². The monoisotopic (exact) mass is 572 g/mol. The predicted molar refractivity (Wildman–Crippen MR) is 150 cm³/mol. The molecule has 0 radical (unpaired) electrons. The summed E-state index contributed by atoms with van der Waals surface area (Å²) < 4.78 is 10.9. The summed E-state index contributed by atoms with van der Waals surface area (Å²) in [6, 6.07) is 6.35. The van der Waals surface area contributed by atoms with E-state index in [0.717, 1.165) is 0 Å². The lowest BCUT2D eigenvalue weighted by Gasteiger charge is -2.35. The molecule has 2 aliphatic rings. The Morgan fingerprint density at radius 1 is 1.07 bits per heavy atom. The van der Waals surface area contributed by atoms with Crippen LogP contribution in [0.5, 0.6) is 0 Å². The third-order valence-corrected chi connectivity index (χ3v) is 6.94. The summed E-state index contributed by atoms with van der Waals surface area (Å²) in [6.07, 6.45) is -0.898. The van der Waals surface area contributed by atoms with Crippen molar-refractivity contribution in [2.45, 2.75) is 83.7 Å². The number of amides is 4. The van der Waals surface area contributed by atoms with Gasteiger partial charge in [-0.1, -0.05) is 45.0 Å². The molecule has 1 aliphatic carbocycles. The zero-order chi connectivity index (χ0) is 30.8. The molecule has 2 fully saturated rings. The molecule has 0 spiro atoms. The Bertz CT molecular complexity index is 1190. The lowest BCUT2D eigenvalue weighted by atomic mass is 9.85. The number of nitrogens with one attached hydrogen (secondary N) is 3. The highest BCUT2D eigenvalue weighted by atomic mass is 16.6. The topological polar surface area (TPSA) is 163 Å². The summed E-state index contributed by atoms with van der Waals surface area (Å²) in [5, 5.41) is 17.6. The number of rotatable bonds is 8. The van der Waals surface area contributed by atoms with Crippen molar-refractivity contribution in [2.24, 2.45) is 11.3 Å². The molecular weight excluding hydrogens is 532 g/mol. The molecule has 0 aromatic heterocycles. The molecule has 3 rings (SSSR count). The highest BCUT2D eigenvalue weighted by molar-refractivity contribution is 5.96. The predicted octanol–water partition coefficient (Wildman–Crippen LogP) is 3.29. The second-order valence-electron chi connectivity index (χ2n) is 12.5. The molecule has 224 valence electrons. The van der Waals surface area contributed by atoms with E-state index in [2.05, 4.69) is 22.5 Å².